The van der Waals surface area contributed by atoms with Gasteiger partial charge in [-0.2, -0.15) is 0 Å². The fraction of sp³-hybridized carbons (Fsp3) is 0.417. The zero-order valence-corrected chi connectivity index (χ0v) is 9.97. The Kier molecular flexibility index (Phi) is 4.78. The van der Waals surface area contributed by atoms with E-state index in [0.717, 1.165) is 5.56 Å². The van der Waals surface area contributed by atoms with E-state index < -0.39 is 12.0 Å². The van der Waals surface area contributed by atoms with Crippen LogP contribution in [0.2, 0.25) is 0 Å². The van der Waals surface area contributed by atoms with Gasteiger partial charge in [0.1, 0.15) is 6.04 Å². The maximum absolute atomic E-state index is 10.5. The molecule has 1 unspecified atom stereocenters. The van der Waals surface area contributed by atoms with Crippen LogP contribution in [0.15, 0.2) is 18.2 Å². The van der Waals surface area contributed by atoms with Crippen molar-refractivity contribution in [3.05, 3.63) is 23.8 Å². The van der Waals surface area contributed by atoms with Gasteiger partial charge in [0, 0.05) is 6.42 Å². The van der Waals surface area contributed by atoms with E-state index in [9.17, 15) is 4.79 Å². The van der Waals surface area contributed by atoms with Crippen LogP contribution in [0.3, 0.4) is 0 Å². The first-order valence-corrected chi connectivity index (χ1v) is 5.30. The van der Waals surface area contributed by atoms with E-state index in [-0.39, 0.29) is 13.0 Å². The normalized spacial score (nSPS) is 11.9. The summed E-state index contributed by atoms with van der Waals surface area (Å²) in [7, 11) is 1.56. The summed E-state index contributed by atoms with van der Waals surface area (Å²) in [6.07, 6.45) is 0.256. The van der Waals surface area contributed by atoms with Crippen molar-refractivity contribution >= 4 is 5.97 Å². The Morgan fingerprint density at radius 3 is 2.76 bits per heavy atom. The van der Waals surface area contributed by atoms with Gasteiger partial charge in [0.2, 0.25) is 0 Å². The molecule has 0 radical (unpaired) electrons. The van der Waals surface area contributed by atoms with Gasteiger partial charge in [-0.25, -0.2) is 0 Å². The quantitative estimate of drug-likeness (QED) is 0.779. The molecule has 1 atom stereocenters. The Morgan fingerprint density at radius 1 is 1.47 bits per heavy atom. The second kappa shape index (κ2) is 6.10. The van der Waals surface area contributed by atoms with Crippen molar-refractivity contribution < 1.29 is 19.4 Å². The molecule has 94 valence electrons. The summed E-state index contributed by atoms with van der Waals surface area (Å²) >= 11 is 0. The highest BCUT2D eigenvalue weighted by Crippen LogP contribution is 2.27. The number of aryl methyl sites for hydroxylation is 1. The van der Waals surface area contributed by atoms with Crippen LogP contribution in [-0.2, 0) is 4.79 Å². The first-order chi connectivity index (χ1) is 8.04. The molecule has 0 aliphatic carbocycles. The first kappa shape index (κ1) is 13.3. The summed E-state index contributed by atoms with van der Waals surface area (Å²) < 4.78 is 10.6. The Morgan fingerprint density at radius 2 is 2.18 bits per heavy atom. The number of carboxylic acid groups (broad SMARTS) is 1. The van der Waals surface area contributed by atoms with E-state index >= 15 is 0 Å². The third-order valence-corrected chi connectivity index (χ3v) is 2.32. The van der Waals surface area contributed by atoms with Gasteiger partial charge in [0.25, 0.3) is 0 Å². The van der Waals surface area contributed by atoms with Gasteiger partial charge in [-0.15, -0.1) is 0 Å². The lowest BCUT2D eigenvalue weighted by atomic mass is 10.2. The van der Waals surface area contributed by atoms with E-state index in [1.165, 1.54) is 0 Å². The number of rotatable bonds is 6. The zero-order valence-electron chi connectivity index (χ0n) is 9.97. The molecule has 5 nitrogen and oxygen atoms in total. The molecule has 1 aromatic rings. The largest absolute Gasteiger partial charge is 0.493 e. The van der Waals surface area contributed by atoms with E-state index in [1.54, 1.807) is 13.2 Å². The molecule has 5 heteroatoms. The fourth-order valence-corrected chi connectivity index (χ4v) is 1.31. The molecule has 0 aliphatic heterocycles. The number of hydrogen-bond donors (Lipinski definition) is 2. The second-order valence-electron chi connectivity index (χ2n) is 3.74. The molecular weight excluding hydrogens is 222 g/mol. The SMILES string of the molecule is COc1cc(C)ccc1OCCC(N)C(=O)O. The van der Waals surface area contributed by atoms with E-state index in [2.05, 4.69) is 0 Å². The maximum Gasteiger partial charge on any atom is 0.320 e. The Balaban J connectivity index is 2.54. The molecule has 0 aliphatic rings. The second-order valence-corrected chi connectivity index (χ2v) is 3.74. The molecule has 0 spiro atoms. The number of nitrogens with two attached hydrogens (primary N) is 1. The highest BCUT2D eigenvalue weighted by Gasteiger charge is 2.12. The summed E-state index contributed by atoms with van der Waals surface area (Å²) in [4.78, 5) is 10.5. The minimum absolute atomic E-state index is 0.243. The van der Waals surface area contributed by atoms with Gasteiger partial charge < -0.3 is 20.3 Å². The van der Waals surface area contributed by atoms with Crippen molar-refractivity contribution in [2.24, 2.45) is 5.73 Å². The number of ether oxygens (including phenoxy) is 2. The molecule has 0 aromatic heterocycles. The Hall–Kier alpha value is -1.75. The maximum atomic E-state index is 10.5. The number of benzene rings is 1. The molecule has 0 amide bonds. The molecule has 1 aromatic carbocycles. The van der Waals surface area contributed by atoms with Crippen LogP contribution >= 0.6 is 0 Å². The van der Waals surface area contributed by atoms with Crippen LogP contribution in [0.4, 0.5) is 0 Å². The van der Waals surface area contributed by atoms with Crippen molar-refractivity contribution in [3.63, 3.8) is 0 Å². The number of carboxylic acids is 1. The number of methoxy groups -OCH3 is 1. The van der Waals surface area contributed by atoms with Gasteiger partial charge in [-0.3, -0.25) is 4.79 Å². The van der Waals surface area contributed by atoms with Crippen LogP contribution < -0.4 is 15.2 Å². The van der Waals surface area contributed by atoms with Crippen molar-refractivity contribution in [2.45, 2.75) is 19.4 Å². The Bertz CT molecular complexity index is 392. The highest BCUT2D eigenvalue weighted by molar-refractivity contribution is 5.72. The minimum atomic E-state index is -1.02. The molecule has 3 N–H and O–H groups in total. The van der Waals surface area contributed by atoms with Gasteiger partial charge in [0.05, 0.1) is 13.7 Å². The van der Waals surface area contributed by atoms with Crippen LogP contribution in [0, 0.1) is 6.92 Å². The van der Waals surface area contributed by atoms with Gasteiger partial charge in [-0.05, 0) is 24.6 Å². The molecule has 0 heterocycles. The summed E-state index contributed by atoms with van der Waals surface area (Å²) in [5.41, 5.74) is 6.43. The number of carbonyl (C=O) groups is 1. The fourth-order valence-electron chi connectivity index (χ4n) is 1.31. The molecule has 1 rings (SSSR count). The van der Waals surface area contributed by atoms with Crippen LogP contribution in [-0.4, -0.2) is 30.8 Å². The highest BCUT2D eigenvalue weighted by atomic mass is 16.5. The minimum Gasteiger partial charge on any atom is -0.493 e. The van der Waals surface area contributed by atoms with Crippen molar-refractivity contribution in [1.29, 1.82) is 0 Å². The van der Waals surface area contributed by atoms with Gasteiger partial charge in [-0.1, -0.05) is 6.07 Å². The van der Waals surface area contributed by atoms with E-state index in [4.69, 9.17) is 20.3 Å². The monoisotopic (exact) mass is 239 g/mol. The molecule has 17 heavy (non-hydrogen) atoms. The van der Waals surface area contributed by atoms with Crippen molar-refractivity contribution in [3.8, 4) is 11.5 Å². The van der Waals surface area contributed by atoms with E-state index in [0.29, 0.717) is 11.5 Å². The predicted molar refractivity (Wildman–Crippen MR) is 63.5 cm³/mol. The molecule has 0 fully saturated rings. The first-order valence-electron chi connectivity index (χ1n) is 5.30. The lowest BCUT2D eigenvalue weighted by molar-refractivity contribution is -0.138. The van der Waals surface area contributed by atoms with Crippen molar-refractivity contribution in [1.82, 2.24) is 0 Å². The zero-order chi connectivity index (χ0) is 12.8. The predicted octanol–water partition coefficient (Wildman–Crippen LogP) is 1.18. The number of aliphatic carboxylic acids is 1. The van der Waals surface area contributed by atoms with Gasteiger partial charge >= 0.3 is 5.97 Å². The lowest BCUT2D eigenvalue weighted by Gasteiger charge is -2.12. The third-order valence-electron chi connectivity index (χ3n) is 2.32. The smallest absolute Gasteiger partial charge is 0.320 e. The summed E-state index contributed by atoms with van der Waals surface area (Å²) in [5, 5.41) is 8.61. The molecular formula is C12H17NO4. The third kappa shape index (κ3) is 3.96. The van der Waals surface area contributed by atoms with Crippen LogP contribution in [0.25, 0.3) is 0 Å². The standard InChI is InChI=1S/C12H17NO4/c1-8-3-4-10(11(7-8)16-2)17-6-5-9(13)12(14)15/h3-4,7,9H,5-6,13H2,1-2H3,(H,14,15). The van der Waals surface area contributed by atoms with Crippen molar-refractivity contribution in [2.75, 3.05) is 13.7 Å². The molecule has 0 saturated carbocycles. The molecule has 0 bridgehead atoms. The summed E-state index contributed by atoms with van der Waals surface area (Å²) in [6, 6.07) is 4.65. The van der Waals surface area contributed by atoms with Crippen LogP contribution in [0.1, 0.15) is 12.0 Å². The lowest BCUT2D eigenvalue weighted by Crippen LogP contribution is -2.31. The molecule has 0 saturated heterocycles. The Labute approximate surface area is 100 Å². The average molecular weight is 239 g/mol. The summed E-state index contributed by atoms with van der Waals surface area (Å²) in [6.45, 7) is 2.19. The number of hydrogen-bond acceptors (Lipinski definition) is 4. The average Bonchev–Trinajstić information content (AvgIpc) is 2.30. The van der Waals surface area contributed by atoms with Gasteiger partial charge in [0.15, 0.2) is 11.5 Å². The van der Waals surface area contributed by atoms with E-state index in [1.807, 2.05) is 19.1 Å². The van der Waals surface area contributed by atoms with Crippen LogP contribution in [0.5, 0.6) is 11.5 Å². The topological polar surface area (TPSA) is 81.8 Å². The summed E-state index contributed by atoms with van der Waals surface area (Å²) in [5.74, 6) is 0.203.